The zero-order valence-corrected chi connectivity index (χ0v) is 23.6. The van der Waals surface area contributed by atoms with E-state index in [1.807, 2.05) is 60.8 Å². The fourth-order valence-corrected chi connectivity index (χ4v) is 5.95. The molecule has 0 spiro atoms. The third-order valence-corrected chi connectivity index (χ3v) is 8.59. The van der Waals surface area contributed by atoms with E-state index < -0.39 is 0 Å². The summed E-state index contributed by atoms with van der Waals surface area (Å²) in [6.07, 6.45) is 7.98. The molecule has 2 aliphatic rings. The predicted octanol–water partition coefficient (Wildman–Crippen LogP) is 5.87. The molecule has 2 saturated heterocycles. The number of nitrogens with zero attached hydrogens (tertiary/aromatic N) is 3. The van der Waals surface area contributed by atoms with Crippen molar-refractivity contribution in [1.82, 2.24) is 20.3 Å². The number of piperidine rings is 2. The Kier molecular flexibility index (Phi) is 9.37. The number of rotatable bonds is 5. The summed E-state index contributed by atoms with van der Waals surface area (Å²) in [6, 6.07) is 18.0. The Hall–Kier alpha value is -2.68. The van der Waals surface area contributed by atoms with Gasteiger partial charge in [-0.25, -0.2) is 9.97 Å². The van der Waals surface area contributed by atoms with Gasteiger partial charge in [-0.3, -0.25) is 0 Å². The molecular weight excluding hydrogens is 529 g/mol. The van der Waals surface area contributed by atoms with Gasteiger partial charge >= 0.3 is 0 Å². The topological polar surface area (TPSA) is 109 Å². The number of aromatic nitrogens is 3. The van der Waals surface area contributed by atoms with E-state index in [1.54, 1.807) is 6.33 Å². The van der Waals surface area contributed by atoms with E-state index in [9.17, 15) is 0 Å². The van der Waals surface area contributed by atoms with E-state index >= 15 is 0 Å². The van der Waals surface area contributed by atoms with Crippen LogP contribution in [0.4, 0.5) is 5.82 Å². The number of nitrogens with two attached hydrogens (primary N) is 2. The number of H-pyrrole nitrogens is 1. The second-order valence-electron chi connectivity index (χ2n) is 10.5. The number of aromatic amines is 1. The Balaban J connectivity index is 0.000000177. The van der Waals surface area contributed by atoms with E-state index in [0.717, 1.165) is 71.5 Å². The summed E-state index contributed by atoms with van der Waals surface area (Å²) in [5, 5.41) is 5.96. The van der Waals surface area contributed by atoms with Gasteiger partial charge in [0.25, 0.3) is 0 Å². The van der Waals surface area contributed by atoms with Crippen molar-refractivity contribution < 1.29 is 0 Å². The zero-order chi connectivity index (χ0) is 27.2. The van der Waals surface area contributed by atoms with Crippen molar-refractivity contribution in [3.63, 3.8) is 0 Å². The Morgan fingerprint density at radius 2 is 1.28 bits per heavy atom. The van der Waals surface area contributed by atoms with Crippen LogP contribution in [0.1, 0.15) is 48.9 Å². The molecule has 206 valence electrons. The molecule has 7 nitrogen and oxygen atoms in total. The molecule has 2 aromatic carbocycles. The smallest absolute Gasteiger partial charge is 0.142 e. The van der Waals surface area contributed by atoms with E-state index in [-0.39, 0.29) is 12.1 Å². The predicted molar refractivity (Wildman–Crippen MR) is 161 cm³/mol. The summed E-state index contributed by atoms with van der Waals surface area (Å²) in [5.74, 6) is 2.10. The van der Waals surface area contributed by atoms with Crippen LogP contribution < -0.4 is 21.7 Å². The molecule has 4 aromatic rings. The SMILES string of the molecule is NC(c1ccc(Cl)cc1)C1CCN(c2ncnc3[nH]ccc23)CC1.NC(c1ccc(Cl)cc1)C1CCNCC1. The fourth-order valence-electron chi connectivity index (χ4n) is 5.70. The summed E-state index contributed by atoms with van der Waals surface area (Å²) in [6.45, 7) is 4.10. The lowest BCUT2D eigenvalue weighted by Gasteiger charge is -2.35. The van der Waals surface area contributed by atoms with Crippen LogP contribution >= 0.6 is 23.2 Å². The Morgan fingerprint density at radius 3 is 1.85 bits per heavy atom. The second-order valence-corrected chi connectivity index (χ2v) is 11.4. The van der Waals surface area contributed by atoms with Crippen LogP contribution in [0.5, 0.6) is 0 Å². The van der Waals surface area contributed by atoms with Crippen LogP contribution in [-0.4, -0.2) is 41.1 Å². The summed E-state index contributed by atoms with van der Waals surface area (Å²) < 4.78 is 0. The highest BCUT2D eigenvalue weighted by Crippen LogP contribution is 2.33. The van der Waals surface area contributed by atoms with Gasteiger partial charge in [0, 0.05) is 41.4 Å². The summed E-state index contributed by atoms with van der Waals surface area (Å²) in [4.78, 5) is 14.2. The highest BCUT2D eigenvalue weighted by atomic mass is 35.5. The van der Waals surface area contributed by atoms with Crippen LogP contribution in [-0.2, 0) is 0 Å². The van der Waals surface area contributed by atoms with Crippen molar-refractivity contribution in [2.45, 2.75) is 37.8 Å². The number of fused-ring (bicyclic) bond motifs is 1. The molecule has 2 fully saturated rings. The van der Waals surface area contributed by atoms with Gasteiger partial charge in [0.1, 0.15) is 17.8 Å². The molecule has 0 radical (unpaired) electrons. The van der Waals surface area contributed by atoms with Gasteiger partial charge in [0.2, 0.25) is 0 Å². The molecule has 0 bridgehead atoms. The highest BCUT2D eigenvalue weighted by molar-refractivity contribution is 6.30. The molecule has 9 heteroatoms. The van der Waals surface area contributed by atoms with Crippen molar-refractivity contribution in [2.75, 3.05) is 31.1 Å². The van der Waals surface area contributed by atoms with E-state index in [2.05, 4.69) is 25.2 Å². The van der Waals surface area contributed by atoms with Gasteiger partial charge in [0.15, 0.2) is 0 Å². The molecule has 0 aliphatic carbocycles. The fraction of sp³-hybridized carbons (Fsp3) is 0.400. The minimum Gasteiger partial charge on any atom is -0.356 e. The molecule has 6 N–H and O–H groups in total. The molecule has 6 rings (SSSR count). The van der Waals surface area contributed by atoms with Crippen LogP contribution in [0.15, 0.2) is 67.1 Å². The van der Waals surface area contributed by atoms with Crippen molar-refractivity contribution in [2.24, 2.45) is 23.3 Å². The Morgan fingerprint density at radius 1 is 0.744 bits per heavy atom. The molecule has 0 saturated carbocycles. The normalized spacial score (nSPS) is 18.4. The molecule has 2 unspecified atom stereocenters. The van der Waals surface area contributed by atoms with Crippen LogP contribution in [0.2, 0.25) is 10.0 Å². The first kappa shape index (κ1) is 27.9. The minimum absolute atomic E-state index is 0.0575. The lowest BCUT2D eigenvalue weighted by molar-refractivity contribution is 0.322. The van der Waals surface area contributed by atoms with Crippen molar-refractivity contribution in [1.29, 1.82) is 0 Å². The summed E-state index contributed by atoms with van der Waals surface area (Å²) in [7, 11) is 0. The first-order chi connectivity index (χ1) is 19.0. The zero-order valence-electron chi connectivity index (χ0n) is 22.1. The van der Waals surface area contributed by atoms with Gasteiger partial charge < -0.3 is 26.7 Å². The Labute approximate surface area is 240 Å². The summed E-state index contributed by atoms with van der Waals surface area (Å²) >= 11 is 11.8. The monoisotopic (exact) mass is 565 g/mol. The highest BCUT2D eigenvalue weighted by Gasteiger charge is 2.27. The number of halogens is 2. The van der Waals surface area contributed by atoms with Crippen LogP contribution in [0, 0.1) is 11.8 Å². The van der Waals surface area contributed by atoms with Gasteiger partial charge in [0.05, 0.1) is 5.39 Å². The number of hydrogen-bond acceptors (Lipinski definition) is 6. The van der Waals surface area contributed by atoms with Crippen molar-refractivity contribution in [3.05, 3.63) is 88.3 Å². The molecule has 2 aromatic heterocycles. The van der Waals surface area contributed by atoms with Gasteiger partial charge in [-0.15, -0.1) is 0 Å². The molecule has 4 heterocycles. The number of benzene rings is 2. The number of hydrogen-bond donors (Lipinski definition) is 4. The van der Waals surface area contributed by atoms with E-state index in [1.165, 1.54) is 18.4 Å². The third-order valence-electron chi connectivity index (χ3n) is 8.08. The number of anilines is 1. The molecule has 0 amide bonds. The first-order valence-corrected chi connectivity index (χ1v) is 14.5. The van der Waals surface area contributed by atoms with E-state index in [4.69, 9.17) is 34.7 Å². The average Bonchev–Trinajstić information content (AvgIpc) is 3.48. The van der Waals surface area contributed by atoms with Crippen molar-refractivity contribution in [3.8, 4) is 0 Å². The lowest BCUT2D eigenvalue weighted by Crippen LogP contribution is -2.38. The van der Waals surface area contributed by atoms with Gasteiger partial charge in [-0.05, 0) is 92.1 Å². The maximum Gasteiger partial charge on any atom is 0.142 e. The maximum absolute atomic E-state index is 6.49. The minimum atomic E-state index is 0.0575. The largest absolute Gasteiger partial charge is 0.356 e. The maximum atomic E-state index is 6.49. The second kappa shape index (κ2) is 13.1. The van der Waals surface area contributed by atoms with Gasteiger partial charge in [-0.2, -0.15) is 0 Å². The van der Waals surface area contributed by atoms with Crippen molar-refractivity contribution >= 4 is 40.1 Å². The molecule has 2 atom stereocenters. The third kappa shape index (κ3) is 6.91. The quantitative estimate of drug-likeness (QED) is 0.241. The lowest BCUT2D eigenvalue weighted by atomic mass is 9.86. The Bertz CT molecular complexity index is 1310. The van der Waals surface area contributed by atoms with Crippen LogP contribution in [0.3, 0.4) is 0 Å². The number of nitrogens with one attached hydrogen (secondary N) is 2. The van der Waals surface area contributed by atoms with Crippen LogP contribution in [0.25, 0.3) is 11.0 Å². The first-order valence-electron chi connectivity index (χ1n) is 13.8. The van der Waals surface area contributed by atoms with Gasteiger partial charge in [-0.1, -0.05) is 47.5 Å². The summed E-state index contributed by atoms with van der Waals surface area (Å²) in [5.41, 5.74) is 16.0. The average molecular weight is 567 g/mol. The molecule has 39 heavy (non-hydrogen) atoms. The standard InChI is InChI=1S/C18H20ClN5.C12H17ClN2/c19-14-3-1-12(2-4-14)16(20)13-6-9-24(10-7-13)18-15-5-8-21-17(15)22-11-23-18;13-11-3-1-9(2-4-11)12(14)10-5-7-15-8-6-10/h1-5,8,11,13,16H,6-7,9-10,20H2,(H,21,22,23);1-4,10,12,15H,5-8,14H2. The molecule has 2 aliphatic heterocycles. The van der Waals surface area contributed by atoms with E-state index in [0.29, 0.717) is 11.8 Å². The molecular formula is C30H37Cl2N7.